The topological polar surface area (TPSA) is 79.5 Å². The summed E-state index contributed by atoms with van der Waals surface area (Å²) in [6.07, 6.45) is -0.643. The van der Waals surface area contributed by atoms with Crippen LogP contribution in [0.5, 0.6) is 0 Å². The van der Waals surface area contributed by atoms with Crippen LogP contribution in [0.2, 0.25) is 0 Å². The molecule has 0 saturated heterocycles. The summed E-state index contributed by atoms with van der Waals surface area (Å²) >= 11 is 0. The summed E-state index contributed by atoms with van der Waals surface area (Å²) in [5, 5.41) is 2.51. The van der Waals surface area contributed by atoms with Crippen LogP contribution in [0.1, 0.15) is 31.1 Å². The molecular formula is C18H18F3N3O3. The summed E-state index contributed by atoms with van der Waals surface area (Å²) in [5.41, 5.74) is 3.86. The van der Waals surface area contributed by atoms with Crippen molar-refractivity contribution in [3.8, 4) is 0 Å². The van der Waals surface area contributed by atoms with E-state index in [-0.39, 0.29) is 5.56 Å². The van der Waals surface area contributed by atoms with Gasteiger partial charge in [-0.3, -0.25) is 21.0 Å². The molecule has 2 amide bonds. The van der Waals surface area contributed by atoms with Gasteiger partial charge in [0.25, 0.3) is 5.91 Å². The monoisotopic (exact) mass is 381 g/mol. The number of hydrogen-bond acceptors (Lipinski definition) is 4. The van der Waals surface area contributed by atoms with E-state index in [1.807, 2.05) is 0 Å². The van der Waals surface area contributed by atoms with E-state index in [9.17, 15) is 22.8 Å². The smallest absolute Gasteiger partial charge is 0.412 e. The van der Waals surface area contributed by atoms with E-state index in [2.05, 4.69) is 16.2 Å². The number of ether oxygens (including phenoxy) is 1. The highest BCUT2D eigenvalue weighted by molar-refractivity contribution is 5.95. The van der Waals surface area contributed by atoms with Crippen LogP contribution in [0, 0.1) is 17.5 Å². The van der Waals surface area contributed by atoms with Crippen molar-refractivity contribution in [1.29, 1.82) is 0 Å². The Morgan fingerprint density at radius 2 is 1.56 bits per heavy atom. The third-order valence-corrected chi connectivity index (χ3v) is 3.14. The molecule has 2 rings (SSSR count). The zero-order chi connectivity index (χ0) is 20.2. The Kier molecular flexibility index (Phi) is 5.94. The van der Waals surface area contributed by atoms with Gasteiger partial charge in [-0.25, -0.2) is 18.0 Å². The lowest BCUT2D eigenvalue weighted by Gasteiger charge is -2.19. The van der Waals surface area contributed by atoms with Crippen LogP contribution in [0.4, 0.5) is 29.3 Å². The number of hydrazine groups is 1. The Balaban J connectivity index is 1.96. The summed E-state index contributed by atoms with van der Waals surface area (Å²) in [4.78, 5) is 23.7. The van der Waals surface area contributed by atoms with Gasteiger partial charge in [0.2, 0.25) is 0 Å². The summed E-state index contributed by atoms with van der Waals surface area (Å²) in [6.45, 7) is 5.18. The normalized spacial score (nSPS) is 10.9. The minimum atomic E-state index is -1.65. The standard InChI is InChI=1S/C18H18F3N3O3/c1-18(2,3)27-17(26)22-11-6-4-10(5-7-11)16(25)24-23-13-9-8-12(19)14(20)15(13)21/h4-9,23H,1-3H3,(H,22,26)(H,24,25). The number of carbonyl (C=O) groups is 2. The van der Waals surface area contributed by atoms with Crippen molar-refractivity contribution in [1.82, 2.24) is 5.43 Å². The minimum absolute atomic E-state index is 0.181. The van der Waals surface area contributed by atoms with Gasteiger partial charge >= 0.3 is 6.09 Å². The van der Waals surface area contributed by atoms with Crippen LogP contribution in [0.25, 0.3) is 0 Å². The van der Waals surface area contributed by atoms with Gasteiger partial charge in [-0.2, -0.15) is 0 Å². The van der Waals surface area contributed by atoms with Gasteiger partial charge in [0.15, 0.2) is 17.5 Å². The van der Waals surface area contributed by atoms with Gasteiger partial charge in [0.05, 0.1) is 5.69 Å². The van der Waals surface area contributed by atoms with E-state index >= 15 is 0 Å². The lowest BCUT2D eigenvalue weighted by atomic mass is 10.2. The summed E-state index contributed by atoms with van der Waals surface area (Å²) in [5.74, 6) is -5.08. The fourth-order valence-corrected chi connectivity index (χ4v) is 1.95. The third kappa shape index (κ3) is 5.63. The molecule has 0 aliphatic heterocycles. The van der Waals surface area contributed by atoms with Crippen molar-refractivity contribution in [3.63, 3.8) is 0 Å². The second-order valence-corrected chi connectivity index (χ2v) is 6.51. The van der Waals surface area contributed by atoms with E-state index in [1.54, 1.807) is 20.8 Å². The summed E-state index contributed by atoms with van der Waals surface area (Å²) in [6, 6.07) is 7.43. The fourth-order valence-electron chi connectivity index (χ4n) is 1.95. The Labute approximate surface area is 153 Å². The third-order valence-electron chi connectivity index (χ3n) is 3.14. The number of benzene rings is 2. The van der Waals surface area contributed by atoms with Crippen molar-refractivity contribution in [2.45, 2.75) is 26.4 Å². The number of carbonyl (C=O) groups excluding carboxylic acids is 2. The molecule has 144 valence electrons. The molecule has 9 heteroatoms. The molecule has 2 aromatic carbocycles. The molecule has 0 saturated carbocycles. The van der Waals surface area contributed by atoms with E-state index in [4.69, 9.17) is 4.74 Å². The van der Waals surface area contributed by atoms with Crippen LogP contribution >= 0.6 is 0 Å². The number of nitrogens with one attached hydrogen (secondary N) is 3. The minimum Gasteiger partial charge on any atom is -0.444 e. The van der Waals surface area contributed by atoms with Crippen molar-refractivity contribution in [3.05, 3.63) is 59.4 Å². The van der Waals surface area contributed by atoms with Crippen LogP contribution in [0.15, 0.2) is 36.4 Å². The molecular weight excluding hydrogens is 363 g/mol. The lowest BCUT2D eigenvalue weighted by molar-refractivity contribution is 0.0635. The predicted octanol–water partition coefficient (Wildman–Crippen LogP) is 4.21. The Morgan fingerprint density at radius 3 is 2.15 bits per heavy atom. The maximum atomic E-state index is 13.5. The molecule has 0 heterocycles. The first-order chi connectivity index (χ1) is 12.6. The maximum Gasteiger partial charge on any atom is 0.412 e. The largest absolute Gasteiger partial charge is 0.444 e. The molecule has 0 bridgehead atoms. The van der Waals surface area contributed by atoms with E-state index < -0.39 is 40.7 Å². The highest BCUT2D eigenvalue weighted by atomic mass is 19.2. The van der Waals surface area contributed by atoms with Gasteiger partial charge in [-0.1, -0.05) is 0 Å². The SMILES string of the molecule is CC(C)(C)OC(=O)Nc1ccc(C(=O)NNc2ccc(F)c(F)c2F)cc1. The second-order valence-electron chi connectivity index (χ2n) is 6.51. The van der Waals surface area contributed by atoms with E-state index in [1.165, 1.54) is 24.3 Å². The highest BCUT2D eigenvalue weighted by Crippen LogP contribution is 2.19. The number of anilines is 2. The predicted molar refractivity (Wildman–Crippen MR) is 93.7 cm³/mol. The Hall–Kier alpha value is -3.23. The first-order valence-corrected chi connectivity index (χ1v) is 7.87. The van der Waals surface area contributed by atoms with Crippen molar-refractivity contribution >= 4 is 23.4 Å². The molecule has 0 aromatic heterocycles. The number of hydrogen-bond donors (Lipinski definition) is 3. The second kappa shape index (κ2) is 7.98. The molecule has 0 fully saturated rings. The maximum absolute atomic E-state index is 13.5. The molecule has 6 nitrogen and oxygen atoms in total. The average molecular weight is 381 g/mol. The van der Waals surface area contributed by atoms with Crippen molar-refractivity contribution < 1.29 is 27.5 Å². The van der Waals surface area contributed by atoms with E-state index in [0.29, 0.717) is 5.69 Å². The Morgan fingerprint density at radius 1 is 0.926 bits per heavy atom. The molecule has 2 aromatic rings. The van der Waals surface area contributed by atoms with Gasteiger partial charge < -0.3 is 4.74 Å². The highest BCUT2D eigenvalue weighted by Gasteiger charge is 2.17. The molecule has 27 heavy (non-hydrogen) atoms. The quantitative estimate of drug-likeness (QED) is 0.548. The van der Waals surface area contributed by atoms with Crippen LogP contribution in [-0.2, 0) is 4.74 Å². The molecule has 0 unspecified atom stereocenters. The molecule has 3 N–H and O–H groups in total. The fraction of sp³-hybridized carbons (Fsp3) is 0.222. The zero-order valence-electron chi connectivity index (χ0n) is 14.8. The van der Waals surface area contributed by atoms with Crippen LogP contribution in [-0.4, -0.2) is 17.6 Å². The van der Waals surface area contributed by atoms with Gasteiger partial charge in [-0.15, -0.1) is 0 Å². The van der Waals surface area contributed by atoms with Gasteiger partial charge in [0.1, 0.15) is 5.60 Å². The van der Waals surface area contributed by atoms with Crippen molar-refractivity contribution in [2.75, 3.05) is 10.7 Å². The number of amides is 2. The number of rotatable bonds is 4. The lowest BCUT2D eigenvalue weighted by Crippen LogP contribution is -2.30. The summed E-state index contributed by atoms with van der Waals surface area (Å²) in [7, 11) is 0. The molecule has 0 spiro atoms. The molecule has 0 radical (unpaired) electrons. The van der Waals surface area contributed by atoms with Gasteiger partial charge in [-0.05, 0) is 57.2 Å². The van der Waals surface area contributed by atoms with Crippen molar-refractivity contribution in [2.24, 2.45) is 0 Å². The first-order valence-electron chi connectivity index (χ1n) is 7.87. The van der Waals surface area contributed by atoms with E-state index in [0.717, 1.165) is 12.1 Å². The Bertz CT molecular complexity index is 849. The molecule has 0 aliphatic carbocycles. The molecule has 0 aliphatic rings. The summed E-state index contributed by atoms with van der Waals surface area (Å²) < 4.78 is 44.6. The van der Waals surface area contributed by atoms with Crippen LogP contribution in [0.3, 0.4) is 0 Å². The number of halogens is 3. The average Bonchev–Trinajstić information content (AvgIpc) is 2.58. The van der Waals surface area contributed by atoms with Gasteiger partial charge in [0, 0.05) is 11.3 Å². The first kappa shape index (κ1) is 20.1. The zero-order valence-corrected chi connectivity index (χ0v) is 14.8. The van der Waals surface area contributed by atoms with Crippen LogP contribution < -0.4 is 16.2 Å². The molecule has 0 atom stereocenters.